The van der Waals surface area contributed by atoms with Crippen LogP contribution < -0.4 is 10.0 Å². The maximum atomic E-state index is 13.4. The Balaban J connectivity index is 1.72. The van der Waals surface area contributed by atoms with Gasteiger partial charge in [0.15, 0.2) is 0 Å². The second-order valence-electron chi connectivity index (χ2n) is 8.20. The van der Waals surface area contributed by atoms with Gasteiger partial charge in [-0.15, -0.1) is 0 Å². The number of carboxylic acid groups (broad SMARTS) is 1. The van der Waals surface area contributed by atoms with E-state index in [4.69, 9.17) is 0 Å². The molecule has 0 aliphatic rings. The third-order valence-electron chi connectivity index (χ3n) is 5.28. The minimum Gasteiger partial charge on any atom is -0.480 e. The van der Waals surface area contributed by atoms with Crippen molar-refractivity contribution in [1.29, 1.82) is 0 Å². The molecule has 3 N–H and O–H groups in total. The predicted molar refractivity (Wildman–Crippen MR) is 128 cm³/mol. The normalized spacial score (nSPS) is 12.4. The van der Waals surface area contributed by atoms with Crippen molar-refractivity contribution < 1.29 is 27.5 Å². The number of amides is 1. The maximum Gasteiger partial charge on any atom is 0.322 e. The van der Waals surface area contributed by atoms with Gasteiger partial charge in [0.1, 0.15) is 11.9 Å². The molecule has 0 aromatic heterocycles. The second kappa shape index (κ2) is 10.1. The predicted octanol–water partition coefficient (Wildman–Crippen LogP) is 4.44. The molecule has 1 amide bonds. The highest BCUT2D eigenvalue weighted by atomic mass is 32.2. The summed E-state index contributed by atoms with van der Waals surface area (Å²) in [5.74, 6) is -2.40. The summed E-state index contributed by atoms with van der Waals surface area (Å²) < 4.78 is 40.8. The number of rotatable bonds is 8. The maximum absolute atomic E-state index is 13.4. The molecule has 0 bridgehead atoms. The molecule has 0 unspecified atom stereocenters. The van der Waals surface area contributed by atoms with Crippen LogP contribution in [0.25, 0.3) is 11.1 Å². The summed E-state index contributed by atoms with van der Waals surface area (Å²) in [7, 11) is -4.00. The molecule has 0 saturated carbocycles. The summed E-state index contributed by atoms with van der Waals surface area (Å²) in [5.41, 5.74) is 2.80. The zero-order valence-corrected chi connectivity index (χ0v) is 19.7. The average Bonchev–Trinajstić information content (AvgIpc) is 2.79. The highest BCUT2D eigenvalue weighted by molar-refractivity contribution is 7.89. The molecule has 1 atom stereocenters. The fraction of sp³-hybridized carbons (Fsp3) is 0.200. The molecular formula is C25H25FN2O5S. The Morgan fingerprint density at radius 1 is 0.912 bits per heavy atom. The molecule has 7 nitrogen and oxygen atoms in total. The molecule has 3 rings (SSSR count). The Morgan fingerprint density at radius 2 is 1.47 bits per heavy atom. The van der Waals surface area contributed by atoms with Gasteiger partial charge in [0.05, 0.1) is 4.90 Å². The number of nitrogens with one attached hydrogen (secondary N) is 2. The lowest BCUT2D eigenvalue weighted by Crippen LogP contribution is -2.44. The Kier molecular flexibility index (Phi) is 7.48. The van der Waals surface area contributed by atoms with Crippen LogP contribution in [0.5, 0.6) is 0 Å². The zero-order valence-electron chi connectivity index (χ0n) is 18.9. The molecule has 0 radical (unpaired) electrons. The van der Waals surface area contributed by atoms with Gasteiger partial charge in [-0.25, -0.2) is 12.8 Å². The quantitative estimate of drug-likeness (QED) is 0.438. The van der Waals surface area contributed by atoms with E-state index in [1.165, 1.54) is 30.3 Å². The number of carboxylic acids is 1. The van der Waals surface area contributed by atoms with Gasteiger partial charge in [0.2, 0.25) is 10.0 Å². The summed E-state index contributed by atoms with van der Waals surface area (Å²) in [6.45, 7) is 4.83. The molecule has 178 valence electrons. The van der Waals surface area contributed by atoms with Gasteiger partial charge in [0, 0.05) is 11.3 Å². The molecule has 34 heavy (non-hydrogen) atoms. The van der Waals surface area contributed by atoms with Gasteiger partial charge in [-0.3, -0.25) is 9.59 Å². The van der Waals surface area contributed by atoms with Crippen molar-refractivity contribution in [2.45, 2.75) is 31.7 Å². The number of carbonyl (C=O) groups excluding carboxylic acids is 1. The van der Waals surface area contributed by atoms with Crippen LogP contribution in [0, 0.1) is 18.7 Å². The van der Waals surface area contributed by atoms with Crippen molar-refractivity contribution in [3.8, 4) is 11.1 Å². The van der Waals surface area contributed by atoms with Crippen LogP contribution in [0.1, 0.15) is 29.8 Å². The molecule has 0 spiro atoms. The number of halogens is 1. The van der Waals surface area contributed by atoms with Gasteiger partial charge < -0.3 is 10.4 Å². The van der Waals surface area contributed by atoms with E-state index < -0.39 is 28.0 Å². The van der Waals surface area contributed by atoms with Gasteiger partial charge in [0.25, 0.3) is 5.91 Å². The van der Waals surface area contributed by atoms with Crippen LogP contribution in [0.3, 0.4) is 0 Å². The SMILES string of the molecule is Cc1cc(C(=O)Nc2ccc(-c3ccc(S(=O)(=O)N[C@H](C(=O)O)C(C)C)cc3)cc2)ccc1F. The summed E-state index contributed by atoms with van der Waals surface area (Å²) in [6.07, 6.45) is 0. The Labute approximate surface area is 197 Å². The van der Waals surface area contributed by atoms with Crippen molar-refractivity contribution in [2.24, 2.45) is 5.92 Å². The topological polar surface area (TPSA) is 113 Å². The lowest BCUT2D eigenvalue weighted by atomic mass is 10.1. The number of aliphatic carboxylic acids is 1. The zero-order chi connectivity index (χ0) is 25.0. The Morgan fingerprint density at radius 3 is 1.97 bits per heavy atom. The van der Waals surface area contributed by atoms with Crippen molar-refractivity contribution in [1.82, 2.24) is 4.72 Å². The molecule has 9 heteroatoms. The number of hydrogen-bond acceptors (Lipinski definition) is 4. The Hall–Kier alpha value is -3.56. The van der Waals surface area contributed by atoms with Crippen LogP contribution in [-0.2, 0) is 14.8 Å². The lowest BCUT2D eigenvalue weighted by Gasteiger charge is -2.18. The van der Waals surface area contributed by atoms with E-state index in [2.05, 4.69) is 10.0 Å². The lowest BCUT2D eigenvalue weighted by molar-refractivity contribution is -0.140. The minimum atomic E-state index is -4.00. The molecule has 3 aromatic rings. The van der Waals surface area contributed by atoms with Crippen LogP contribution >= 0.6 is 0 Å². The Bertz CT molecular complexity index is 1300. The highest BCUT2D eigenvalue weighted by Gasteiger charge is 2.28. The third kappa shape index (κ3) is 5.86. The molecule has 0 saturated heterocycles. The smallest absolute Gasteiger partial charge is 0.322 e. The molecule has 0 aliphatic heterocycles. The summed E-state index contributed by atoms with van der Waals surface area (Å²) >= 11 is 0. The van der Waals surface area contributed by atoms with E-state index in [-0.39, 0.29) is 16.6 Å². The molecule has 3 aromatic carbocycles. The van der Waals surface area contributed by atoms with E-state index in [1.54, 1.807) is 57.2 Å². The first-order valence-corrected chi connectivity index (χ1v) is 12.0. The van der Waals surface area contributed by atoms with Gasteiger partial charge in [-0.05, 0) is 72.0 Å². The van der Waals surface area contributed by atoms with E-state index in [0.29, 0.717) is 16.8 Å². The molecule has 0 heterocycles. The molecular weight excluding hydrogens is 459 g/mol. The van der Waals surface area contributed by atoms with Crippen LogP contribution in [0.2, 0.25) is 0 Å². The van der Waals surface area contributed by atoms with Crippen molar-refractivity contribution in [2.75, 3.05) is 5.32 Å². The second-order valence-corrected chi connectivity index (χ2v) is 9.92. The van der Waals surface area contributed by atoms with E-state index >= 15 is 0 Å². The fourth-order valence-electron chi connectivity index (χ4n) is 3.27. The molecule has 0 aliphatic carbocycles. The largest absolute Gasteiger partial charge is 0.480 e. The molecule has 0 fully saturated rings. The third-order valence-corrected chi connectivity index (χ3v) is 6.73. The summed E-state index contributed by atoms with van der Waals surface area (Å²) in [6, 6.07) is 15.9. The van der Waals surface area contributed by atoms with Crippen LogP contribution in [0.15, 0.2) is 71.6 Å². The first-order valence-electron chi connectivity index (χ1n) is 10.5. The first-order chi connectivity index (χ1) is 16.0. The van der Waals surface area contributed by atoms with Crippen molar-refractivity contribution in [3.05, 3.63) is 83.7 Å². The number of aryl methyl sites for hydroxylation is 1. The van der Waals surface area contributed by atoms with Crippen molar-refractivity contribution in [3.63, 3.8) is 0 Å². The standard InChI is InChI=1S/C25H25FN2O5S/c1-15(2)23(25(30)31)28-34(32,33)21-11-6-18(7-12-21)17-4-9-20(10-5-17)27-24(29)19-8-13-22(26)16(3)14-19/h4-15,23,28H,1-3H3,(H,27,29)(H,30,31)/t23-/m0/s1. The van der Waals surface area contributed by atoms with E-state index in [1.807, 2.05) is 0 Å². The monoisotopic (exact) mass is 484 g/mol. The first kappa shape index (κ1) is 25.1. The number of benzene rings is 3. The number of carbonyl (C=O) groups is 2. The minimum absolute atomic E-state index is 0.0402. The summed E-state index contributed by atoms with van der Waals surface area (Å²) in [4.78, 5) is 23.7. The van der Waals surface area contributed by atoms with E-state index in [0.717, 1.165) is 11.1 Å². The number of hydrogen-bond donors (Lipinski definition) is 3. The average molecular weight is 485 g/mol. The van der Waals surface area contributed by atoms with Crippen LogP contribution in [-0.4, -0.2) is 31.4 Å². The van der Waals surface area contributed by atoms with Crippen molar-refractivity contribution >= 4 is 27.6 Å². The van der Waals surface area contributed by atoms with Crippen LogP contribution in [0.4, 0.5) is 10.1 Å². The highest BCUT2D eigenvalue weighted by Crippen LogP contribution is 2.24. The van der Waals surface area contributed by atoms with Gasteiger partial charge in [-0.2, -0.15) is 4.72 Å². The van der Waals surface area contributed by atoms with E-state index in [9.17, 15) is 27.5 Å². The van der Waals surface area contributed by atoms with Gasteiger partial charge >= 0.3 is 5.97 Å². The number of anilines is 1. The fourth-order valence-corrected chi connectivity index (χ4v) is 4.61. The number of sulfonamides is 1. The van der Waals surface area contributed by atoms with Gasteiger partial charge in [-0.1, -0.05) is 38.1 Å². The summed E-state index contributed by atoms with van der Waals surface area (Å²) in [5, 5.41) is 12.0.